The van der Waals surface area contributed by atoms with Crippen LogP contribution in [0.4, 0.5) is 10.5 Å². The molecule has 4 N–H and O–H groups in total. The monoisotopic (exact) mass is 450 g/mol. The molecule has 12 nitrogen and oxygen atoms in total. The Hall–Kier alpha value is -3.80. The van der Waals surface area contributed by atoms with E-state index in [1.165, 1.54) is 27.7 Å². The predicted molar refractivity (Wildman–Crippen MR) is 106 cm³/mol. The highest BCUT2D eigenvalue weighted by molar-refractivity contribution is 6.19. The van der Waals surface area contributed by atoms with Gasteiger partial charge in [-0.3, -0.25) is 14.4 Å². The van der Waals surface area contributed by atoms with Gasteiger partial charge in [-0.05, 0) is 32.0 Å². The number of carboxylic acids is 2. The number of imide groups is 1. The van der Waals surface area contributed by atoms with Gasteiger partial charge < -0.3 is 25.4 Å². The lowest BCUT2D eigenvalue weighted by molar-refractivity contribution is -0.146. The van der Waals surface area contributed by atoms with Crippen molar-refractivity contribution in [2.75, 3.05) is 11.9 Å². The minimum absolute atomic E-state index is 0.300. The maximum absolute atomic E-state index is 13.1. The van der Waals surface area contributed by atoms with E-state index in [9.17, 15) is 44.1 Å². The molecule has 1 aromatic rings. The molecule has 0 saturated carbocycles. The van der Waals surface area contributed by atoms with Crippen LogP contribution in [0.2, 0.25) is 0 Å². The second-order valence-electron chi connectivity index (χ2n) is 8.26. The maximum atomic E-state index is 13.1. The lowest BCUT2D eigenvalue weighted by atomic mass is 9.84. The van der Waals surface area contributed by atoms with Crippen molar-refractivity contribution in [1.29, 1.82) is 0 Å². The average molecular weight is 450 g/mol. The molecule has 0 aromatic heterocycles. The van der Waals surface area contributed by atoms with E-state index in [0.29, 0.717) is 4.90 Å². The highest BCUT2D eigenvalue weighted by Crippen LogP contribution is 2.30. The number of nitrogens with zero attached hydrogens (tertiary/aromatic N) is 1. The first kappa shape index (κ1) is 24.5. The Morgan fingerprint density at radius 1 is 1.06 bits per heavy atom. The van der Waals surface area contributed by atoms with Crippen LogP contribution in [0.15, 0.2) is 18.2 Å². The molecule has 0 aliphatic carbocycles. The van der Waals surface area contributed by atoms with Crippen molar-refractivity contribution in [2.45, 2.75) is 39.3 Å². The van der Waals surface area contributed by atoms with Gasteiger partial charge in [-0.25, -0.2) is 19.3 Å². The van der Waals surface area contributed by atoms with Crippen molar-refractivity contribution in [3.05, 3.63) is 29.3 Å². The van der Waals surface area contributed by atoms with Gasteiger partial charge in [0.1, 0.15) is 0 Å². The van der Waals surface area contributed by atoms with Gasteiger partial charge >= 0.3 is 18.0 Å². The molecule has 32 heavy (non-hydrogen) atoms. The maximum Gasteiger partial charge on any atom is 0.418 e. The van der Waals surface area contributed by atoms with E-state index in [1.54, 1.807) is 0 Å². The topological polar surface area (TPSA) is 188 Å². The van der Waals surface area contributed by atoms with Gasteiger partial charge in [0.05, 0.1) is 17.7 Å². The summed E-state index contributed by atoms with van der Waals surface area (Å²) in [5.74, 6) is -6.14. The number of nitrogens with one attached hydrogen (secondary N) is 1. The van der Waals surface area contributed by atoms with Crippen molar-refractivity contribution in [1.82, 2.24) is 4.90 Å². The van der Waals surface area contributed by atoms with Crippen LogP contribution in [0.1, 0.15) is 48.4 Å². The molecule has 1 fully saturated rings. The lowest BCUT2D eigenvalue weighted by Gasteiger charge is -2.29. The predicted octanol–water partition coefficient (Wildman–Crippen LogP) is 0.735. The molecule has 0 radical (unpaired) electrons. The normalized spacial score (nSPS) is 16.3. The smallest absolute Gasteiger partial charge is 0.418 e. The summed E-state index contributed by atoms with van der Waals surface area (Å²) >= 11 is 0. The van der Waals surface area contributed by atoms with Crippen molar-refractivity contribution in [3.8, 4) is 0 Å². The summed E-state index contributed by atoms with van der Waals surface area (Å²) in [6.07, 6.45) is -1.26. The summed E-state index contributed by atoms with van der Waals surface area (Å²) in [5, 5.41) is 30.1. The van der Waals surface area contributed by atoms with Crippen LogP contribution >= 0.6 is 0 Å². The van der Waals surface area contributed by atoms with E-state index >= 15 is 0 Å². The van der Waals surface area contributed by atoms with Crippen LogP contribution in [-0.2, 0) is 19.1 Å². The number of aliphatic hydroxyl groups is 1. The molecule has 1 aliphatic heterocycles. The third kappa shape index (κ3) is 4.59. The molecule has 1 aromatic carbocycles. The van der Waals surface area contributed by atoms with Gasteiger partial charge in [0, 0.05) is 11.1 Å². The summed E-state index contributed by atoms with van der Waals surface area (Å²) in [5.41, 5.74) is -4.43. The van der Waals surface area contributed by atoms with Crippen LogP contribution < -0.4 is 5.32 Å². The summed E-state index contributed by atoms with van der Waals surface area (Å²) in [6, 6.07) is 0.682. The first-order valence-corrected chi connectivity index (χ1v) is 9.26. The molecule has 2 rings (SSSR count). The van der Waals surface area contributed by atoms with Gasteiger partial charge in [0.2, 0.25) is 0 Å². The Kier molecular flexibility index (Phi) is 6.41. The van der Waals surface area contributed by atoms with Crippen LogP contribution in [0, 0.1) is 5.41 Å². The zero-order valence-electron chi connectivity index (χ0n) is 17.7. The molecule has 1 unspecified atom stereocenters. The number of hydrogen-bond donors (Lipinski definition) is 4. The molecule has 0 spiro atoms. The molecule has 1 saturated heterocycles. The molecule has 1 heterocycles. The minimum atomic E-state index is -2.07. The fourth-order valence-electron chi connectivity index (χ4n) is 2.87. The second kappa shape index (κ2) is 8.38. The van der Waals surface area contributed by atoms with E-state index in [1.807, 2.05) is 0 Å². The largest absolute Gasteiger partial charge is 0.478 e. The molecule has 1 aliphatic rings. The number of ether oxygens (including phenoxy) is 1. The van der Waals surface area contributed by atoms with E-state index < -0.39 is 70.4 Å². The number of benzene rings is 1. The van der Waals surface area contributed by atoms with Crippen molar-refractivity contribution < 1.29 is 48.8 Å². The minimum Gasteiger partial charge on any atom is -0.478 e. The lowest BCUT2D eigenvalue weighted by Crippen LogP contribution is -2.56. The van der Waals surface area contributed by atoms with Crippen LogP contribution in [-0.4, -0.2) is 74.1 Å². The summed E-state index contributed by atoms with van der Waals surface area (Å²) in [7, 11) is 0. The van der Waals surface area contributed by atoms with Gasteiger partial charge in [0.25, 0.3) is 11.8 Å². The Bertz CT molecular complexity index is 995. The average Bonchev–Trinajstić information content (AvgIpc) is 2.89. The summed E-state index contributed by atoms with van der Waals surface area (Å²) < 4.78 is 4.94. The van der Waals surface area contributed by atoms with Gasteiger partial charge in [-0.15, -0.1) is 0 Å². The van der Waals surface area contributed by atoms with Gasteiger partial charge in [-0.1, -0.05) is 13.8 Å². The zero-order chi connectivity index (χ0) is 24.6. The Balaban J connectivity index is 2.54. The second-order valence-corrected chi connectivity index (χ2v) is 8.26. The van der Waals surface area contributed by atoms with Crippen LogP contribution in [0.3, 0.4) is 0 Å². The van der Waals surface area contributed by atoms with E-state index in [-0.39, 0.29) is 5.69 Å². The number of aromatic carboxylic acids is 2. The molecule has 0 bridgehead atoms. The fourth-order valence-corrected chi connectivity index (χ4v) is 2.87. The number of aliphatic hydroxyl groups excluding tert-OH is 1. The fraction of sp³-hybridized carbons (Fsp3) is 0.400. The van der Waals surface area contributed by atoms with Crippen molar-refractivity contribution in [2.24, 2.45) is 5.41 Å². The molecule has 12 heteroatoms. The standard InChI is InChI=1S/C20H22N2O10/c1-19(2,8-23)13(24)12(22-17(30)20(3,4)32-18(22)31)14(25)21-11-6-9(15(26)27)5-10(7-11)16(28)29/h5-7,12,23H,8H2,1-4H3,(H,21,25)(H,26,27)(H,28,29). The first-order chi connectivity index (χ1) is 14.6. The van der Waals surface area contributed by atoms with Crippen LogP contribution in [0.25, 0.3) is 0 Å². The molecular weight excluding hydrogens is 428 g/mol. The number of rotatable bonds is 8. The number of Topliss-reactive ketones (excluding diaryl/α,β-unsaturated/α-hetero) is 1. The number of anilines is 1. The third-order valence-corrected chi connectivity index (χ3v) is 4.78. The van der Waals surface area contributed by atoms with E-state index in [0.717, 1.165) is 18.2 Å². The number of carboxylic acid groups (broad SMARTS) is 2. The zero-order valence-corrected chi connectivity index (χ0v) is 17.7. The highest BCUT2D eigenvalue weighted by atomic mass is 16.6. The van der Waals surface area contributed by atoms with Crippen molar-refractivity contribution >= 4 is 41.3 Å². The number of carbonyl (C=O) groups is 6. The Labute approximate surface area is 181 Å². The molecular formula is C20H22N2O10. The Morgan fingerprint density at radius 2 is 1.56 bits per heavy atom. The molecule has 3 amide bonds. The number of cyclic esters (lactones) is 1. The van der Waals surface area contributed by atoms with Crippen LogP contribution in [0.5, 0.6) is 0 Å². The highest BCUT2D eigenvalue weighted by Gasteiger charge is 2.55. The van der Waals surface area contributed by atoms with Crippen molar-refractivity contribution in [3.63, 3.8) is 0 Å². The number of hydrogen-bond acceptors (Lipinski definition) is 8. The van der Waals surface area contributed by atoms with E-state index in [4.69, 9.17) is 4.74 Å². The number of ketones is 1. The SMILES string of the molecule is CC(C)(CO)C(=O)C(C(=O)Nc1cc(C(=O)O)cc(C(=O)O)c1)N1C(=O)OC(C)(C)C1=O. The third-order valence-electron chi connectivity index (χ3n) is 4.78. The quantitative estimate of drug-likeness (QED) is 0.411. The first-order valence-electron chi connectivity index (χ1n) is 9.26. The molecule has 172 valence electrons. The number of amides is 3. The summed E-state index contributed by atoms with van der Waals surface area (Å²) in [6.45, 7) is 4.40. The molecule has 1 atom stereocenters. The van der Waals surface area contributed by atoms with E-state index in [2.05, 4.69) is 5.32 Å². The van der Waals surface area contributed by atoms with Gasteiger partial charge in [0.15, 0.2) is 17.4 Å². The van der Waals surface area contributed by atoms with Gasteiger partial charge in [-0.2, -0.15) is 0 Å². The Morgan fingerprint density at radius 3 is 1.94 bits per heavy atom. The summed E-state index contributed by atoms with van der Waals surface area (Å²) in [4.78, 5) is 74.0. The number of carbonyl (C=O) groups excluding carboxylic acids is 4.